The second-order valence-electron chi connectivity index (χ2n) is 5.29. The van der Waals surface area contributed by atoms with Gasteiger partial charge in [0.2, 0.25) is 0 Å². The van der Waals surface area contributed by atoms with Crippen LogP contribution in [0.5, 0.6) is 0 Å². The minimum absolute atomic E-state index is 0.00727. The van der Waals surface area contributed by atoms with Crippen molar-refractivity contribution in [2.24, 2.45) is 5.84 Å². The maximum absolute atomic E-state index is 5.81. The zero-order valence-electron chi connectivity index (χ0n) is 11.8. The maximum Gasteiger partial charge on any atom is 0.0986 e. The van der Waals surface area contributed by atoms with Gasteiger partial charge < -0.3 is 0 Å². The van der Waals surface area contributed by atoms with Crippen molar-refractivity contribution in [3.05, 3.63) is 33.3 Å². The molecule has 2 aromatic heterocycles. The summed E-state index contributed by atoms with van der Waals surface area (Å²) in [6.07, 6.45) is 7.88. The Hall–Kier alpha value is -1.24. The van der Waals surface area contributed by atoms with Gasteiger partial charge in [0.25, 0.3) is 0 Å². The van der Waals surface area contributed by atoms with Gasteiger partial charge in [-0.15, -0.1) is 16.4 Å². The van der Waals surface area contributed by atoms with E-state index in [1.165, 1.54) is 41.0 Å². The molecule has 108 valence electrons. The molecule has 1 unspecified atom stereocenters. The van der Waals surface area contributed by atoms with Crippen LogP contribution in [0.1, 0.15) is 53.2 Å². The van der Waals surface area contributed by atoms with E-state index in [1.807, 2.05) is 22.2 Å². The predicted octanol–water partition coefficient (Wildman–Crippen LogP) is 2.18. The first-order valence-electron chi connectivity index (χ1n) is 7.29. The Labute approximate surface area is 123 Å². The number of nitrogens with one attached hydrogen (secondary N) is 1. The van der Waals surface area contributed by atoms with Crippen LogP contribution in [0.15, 0.2) is 12.3 Å². The number of hydrazine groups is 1. The van der Waals surface area contributed by atoms with Gasteiger partial charge in [0.05, 0.1) is 17.9 Å². The molecule has 0 aliphatic heterocycles. The van der Waals surface area contributed by atoms with Crippen LogP contribution in [0.3, 0.4) is 0 Å². The van der Waals surface area contributed by atoms with E-state index in [9.17, 15) is 0 Å². The number of nitrogens with zero attached hydrogens (tertiary/aromatic N) is 3. The third-order valence-electron chi connectivity index (χ3n) is 3.85. The molecule has 6 heteroatoms. The van der Waals surface area contributed by atoms with Gasteiger partial charge in [0.15, 0.2) is 0 Å². The Morgan fingerprint density at radius 1 is 1.45 bits per heavy atom. The van der Waals surface area contributed by atoms with Crippen molar-refractivity contribution >= 4 is 11.3 Å². The molecule has 0 saturated carbocycles. The first kappa shape index (κ1) is 13.7. The largest absolute Gasteiger partial charge is 0.270 e. The smallest absolute Gasteiger partial charge is 0.0986 e. The summed E-state index contributed by atoms with van der Waals surface area (Å²) in [7, 11) is 0. The van der Waals surface area contributed by atoms with Crippen molar-refractivity contribution in [2.45, 2.75) is 51.6 Å². The van der Waals surface area contributed by atoms with Crippen LogP contribution in [0.4, 0.5) is 0 Å². The van der Waals surface area contributed by atoms with E-state index in [-0.39, 0.29) is 6.04 Å². The van der Waals surface area contributed by atoms with E-state index in [1.54, 1.807) is 0 Å². The molecule has 0 fully saturated rings. The molecule has 0 spiro atoms. The molecule has 2 heterocycles. The first-order valence-corrected chi connectivity index (χ1v) is 8.11. The minimum Gasteiger partial charge on any atom is -0.270 e. The van der Waals surface area contributed by atoms with Crippen molar-refractivity contribution in [1.29, 1.82) is 0 Å². The fourth-order valence-electron chi connectivity index (χ4n) is 2.84. The molecule has 20 heavy (non-hydrogen) atoms. The highest BCUT2D eigenvalue weighted by atomic mass is 32.1. The predicted molar refractivity (Wildman–Crippen MR) is 80.4 cm³/mol. The van der Waals surface area contributed by atoms with Crippen LogP contribution < -0.4 is 11.3 Å². The quantitative estimate of drug-likeness (QED) is 0.654. The third-order valence-corrected chi connectivity index (χ3v) is 5.15. The van der Waals surface area contributed by atoms with Gasteiger partial charge in [0.1, 0.15) is 0 Å². The van der Waals surface area contributed by atoms with Gasteiger partial charge in [-0.25, -0.2) is 10.1 Å². The summed E-state index contributed by atoms with van der Waals surface area (Å²) in [5.74, 6) is 5.81. The van der Waals surface area contributed by atoms with Gasteiger partial charge in [-0.2, -0.15) is 0 Å². The number of thiophene rings is 1. The number of fused-ring (bicyclic) bond motifs is 1. The summed E-state index contributed by atoms with van der Waals surface area (Å²) in [4.78, 5) is 2.81. The van der Waals surface area contributed by atoms with Crippen LogP contribution in [-0.4, -0.2) is 15.0 Å². The molecule has 1 aliphatic carbocycles. The zero-order valence-corrected chi connectivity index (χ0v) is 12.6. The summed E-state index contributed by atoms with van der Waals surface area (Å²) in [5, 5.41) is 8.20. The Bertz CT molecular complexity index is 550. The molecule has 5 nitrogen and oxygen atoms in total. The van der Waals surface area contributed by atoms with Crippen LogP contribution in [0.2, 0.25) is 0 Å². The van der Waals surface area contributed by atoms with Crippen molar-refractivity contribution in [1.82, 2.24) is 20.4 Å². The number of hydrogen-bond acceptors (Lipinski definition) is 5. The average Bonchev–Trinajstić information content (AvgIpc) is 3.07. The molecule has 0 amide bonds. The summed E-state index contributed by atoms with van der Waals surface area (Å²) >= 11 is 1.88. The van der Waals surface area contributed by atoms with Gasteiger partial charge in [-0.1, -0.05) is 12.1 Å². The van der Waals surface area contributed by atoms with E-state index in [4.69, 9.17) is 5.84 Å². The highest BCUT2D eigenvalue weighted by Crippen LogP contribution is 2.34. The lowest BCUT2D eigenvalue weighted by Gasteiger charge is -2.15. The zero-order chi connectivity index (χ0) is 13.9. The van der Waals surface area contributed by atoms with Crippen molar-refractivity contribution in [3.63, 3.8) is 0 Å². The highest BCUT2D eigenvalue weighted by Gasteiger charge is 2.22. The topological polar surface area (TPSA) is 68.8 Å². The summed E-state index contributed by atoms with van der Waals surface area (Å²) < 4.78 is 1.95. The normalized spacial score (nSPS) is 16.1. The summed E-state index contributed by atoms with van der Waals surface area (Å²) in [6.45, 7) is 3.01. The molecule has 0 bridgehead atoms. The van der Waals surface area contributed by atoms with Gasteiger partial charge in [0, 0.05) is 16.3 Å². The minimum atomic E-state index is -0.00727. The lowest BCUT2D eigenvalue weighted by atomic mass is 9.98. The fraction of sp³-hybridized carbons (Fsp3) is 0.571. The van der Waals surface area contributed by atoms with Crippen LogP contribution in [0.25, 0.3) is 0 Å². The molecule has 0 radical (unpaired) electrons. The fourth-order valence-corrected chi connectivity index (χ4v) is 4.17. The monoisotopic (exact) mass is 291 g/mol. The lowest BCUT2D eigenvalue weighted by Crippen LogP contribution is -2.30. The Kier molecular flexibility index (Phi) is 4.14. The molecule has 2 aromatic rings. The van der Waals surface area contributed by atoms with Gasteiger partial charge >= 0.3 is 0 Å². The highest BCUT2D eigenvalue weighted by molar-refractivity contribution is 7.12. The van der Waals surface area contributed by atoms with Crippen LogP contribution in [0, 0.1) is 0 Å². The van der Waals surface area contributed by atoms with E-state index < -0.39 is 0 Å². The van der Waals surface area contributed by atoms with Crippen molar-refractivity contribution in [3.8, 4) is 0 Å². The summed E-state index contributed by atoms with van der Waals surface area (Å²) in [6, 6.07) is 2.31. The Morgan fingerprint density at radius 3 is 3.05 bits per heavy atom. The second kappa shape index (κ2) is 6.03. The van der Waals surface area contributed by atoms with Gasteiger partial charge in [-0.05, 0) is 43.7 Å². The number of rotatable bonds is 5. The van der Waals surface area contributed by atoms with Gasteiger partial charge in [-0.3, -0.25) is 5.84 Å². The third kappa shape index (κ3) is 2.51. The molecule has 0 aromatic carbocycles. The first-order chi connectivity index (χ1) is 9.83. The summed E-state index contributed by atoms with van der Waals surface area (Å²) in [5.41, 5.74) is 5.49. The molecule has 3 rings (SSSR count). The number of aryl methyl sites for hydroxylation is 3. The second-order valence-corrected chi connectivity index (χ2v) is 6.45. The van der Waals surface area contributed by atoms with Crippen molar-refractivity contribution in [2.75, 3.05) is 0 Å². The molecular weight excluding hydrogens is 270 g/mol. The van der Waals surface area contributed by atoms with E-state index in [2.05, 4.69) is 28.7 Å². The Morgan fingerprint density at radius 2 is 2.30 bits per heavy atom. The van der Waals surface area contributed by atoms with Crippen LogP contribution >= 0.6 is 11.3 Å². The van der Waals surface area contributed by atoms with Crippen molar-refractivity contribution < 1.29 is 0 Å². The lowest BCUT2D eigenvalue weighted by molar-refractivity contribution is 0.515. The van der Waals surface area contributed by atoms with E-state index in [0.717, 1.165) is 18.7 Å². The Balaban J connectivity index is 1.92. The molecule has 3 N–H and O–H groups in total. The average molecular weight is 291 g/mol. The van der Waals surface area contributed by atoms with E-state index >= 15 is 0 Å². The molecule has 1 atom stereocenters. The van der Waals surface area contributed by atoms with E-state index in [0.29, 0.717) is 0 Å². The van der Waals surface area contributed by atoms with Crippen LogP contribution in [-0.2, 0) is 19.4 Å². The number of nitrogens with two attached hydrogens (primary N) is 1. The standard InChI is InChI=1S/C14H21N5S/c1-2-7-19-11(9-16-18-19)14(17-15)13-8-10-5-3-4-6-12(10)20-13/h8-9,14,17H,2-7,15H2,1H3. The maximum atomic E-state index is 5.81. The molecule has 1 aliphatic rings. The SMILES string of the molecule is CCCn1nncc1C(NN)c1cc2c(s1)CCCC2. The molecule has 0 saturated heterocycles. The number of hydrogen-bond donors (Lipinski definition) is 2. The number of aromatic nitrogens is 3. The molecular formula is C14H21N5S.